The molecule has 0 aliphatic carbocycles. The van der Waals surface area contributed by atoms with Crippen molar-refractivity contribution in [2.45, 2.75) is 21.9 Å². The maximum atomic E-state index is 12.5. The van der Waals surface area contributed by atoms with E-state index in [1.54, 1.807) is 30.5 Å². The predicted octanol–water partition coefficient (Wildman–Crippen LogP) is 3.77. The number of rotatable bonds is 7. The van der Waals surface area contributed by atoms with Crippen LogP contribution in [0.15, 0.2) is 75.9 Å². The summed E-state index contributed by atoms with van der Waals surface area (Å²) >= 11 is 1.51. The van der Waals surface area contributed by atoms with Gasteiger partial charge in [0.25, 0.3) is 10.0 Å². The van der Waals surface area contributed by atoms with Crippen LogP contribution in [0.5, 0.6) is 5.75 Å². The minimum absolute atomic E-state index is 0.187. The minimum Gasteiger partial charge on any atom is -0.494 e. The molecule has 0 fully saturated rings. The average molecular weight is 390 g/mol. The zero-order chi connectivity index (χ0) is 18.6. The number of anilines is 1. The molecule has 3 aromatic rings. The lowest BCUT2D eigenvalue weighted by Crippen LogP contribution is -2.12. The second-order valence-electron chi connectivity index (χ2n) is 5.46. The summed E-state index contributed by atoms with van der Waals surface area (Å²) < 4.78 is 34.8. The Labute approximate surface area is 157 Å². The molecule has 0 radical (unpaired) electrons. The fraction of sp³-hybridized carbons (Fsp3) is 0.167. The molecule has 1 aromatic heterocycles. The number of hydrogen-bond acceptors (Lipinski definition) is 5. The lowest BCUT2D eigenvalue weighted by molar-refractivity contribution is 0.340. The fourth-order valence-corrected chi connectivity index (χ4v) is 4.10. The number of nitrogens with one attached hydrogen (secondary N) is 1. The first-order valence-corrected chi connectivity index (χ1v) is 10.3. The molecule has 3 rings (SSSR count). The molecule has 0 saturated heterocycles. The van der Waals surface area contributed by atoms with Gasteiger partial charge in [0, 0.05) is 30.0 Å². The number of ether oxygens (including phenoxy) is 1. The highest BCUT2D eigenvalue weighted by atomic mass is 32.2. The van der Waals surface area contributed by atoms with E-state index in [0.717, 1.165) is 10.1 Å². The van der Waals surface area contributed by atoms with Crippen LogP contribution in [0.1, 0.15) is 6.92 Å². The molecule has 26 heavy (non-hydrogen) atoms. The van der Waals surface area contributed by atoms with Gasteiger partial charge in [-0.2, -0.15) is 0 Å². The van der Waals surface area contributed by atoms with E-state index in [1.807, 2.05) is 36.9 Å². The number of aromatic nitrogens is 2. The van der Waals surface area contributed by atoms with Crippen LogP contribution >= 0.6 is 11.8 Å². The standard InChI is InChI=1S/C18H19N3O3S2/c1-3-24-15-6-10-17(11-7-15)26(22,23)20-14-4-8-16(9-5-14)25-18-19-12-13-21(18)2/h4-13,20H,3H2,1-2H3. The third-order valence-electron chi connectivity index (χ3n) is 3.54. The maximum Gasteiger partial charge on any atom is 0.261 e. The molecule has 1 heterocycles. The lowest BCUT2D eigenvalue weighted by atomic mass is 10.3. The summed E-state index contributed by atoms with van der Waals surface area (Å²) in [6.45, 7) is 2.41. The number of imidazole rings is 1. The lowest BCUT2D eigenvalue weighted by Gasteiger charge is -2.10. The highest BCUT2D eigenvalue weighted by Crippen LogP contribution is 2.27. The summed E-state index contributed by atoms with van der Waals surface area (Å²) in [5, 5.41) is 0.868. The number of hydrogen-bond donors (Lipinski definition) is 1. The largest absolute Gasteiger partial charge is 0.494 e. The molecule has 0 bridgehead atoms. The first-order valence-electron chi connectivity index (χ1n) is 7.99. The van der Waals surface area contributed by atoms with Gasteiger partial charge in [-0.1, -0.05) is 11.8 Å². The van der Waals surface area contributed by atoms with Crippen LogP contribution in [-0.2, 0) is 17.1 Å². The van der Waals surface area contributed by atoms with E-state index in [1.165, 1.54) is 23.9 Å². The number of aryl methyl sites for hydroxylation is 1. The summed E-state index contributed by atoms with van der Waals surface area (Å²) in [6.07, 6.45) is 3.61. The monoisotopic (exact) mass is 389 g/mol. The van der Waals surface area contributed by atoms with E-state index in [-0.39, 0.29) is 4.90 Å². The SMILES string of the molecule is CCOc1ccc(S(=O)(=O)Nc2ccc(Sc3nccn3C)cc2)cc1. The zero-order valence-corrected chi connectivity index (χ0v) is 16.0. The Bertz CT molecular complexity index is 966. The Kier molecular flexibility index (Phi) is 5.53. The molecule has 1 N–H and O–H groups in total. The van der Waals surface area contributed by atoms with Gasteiger partial charge in [-0.25, -0.2) is 13.4 Å². The molecule has 0 unspecified atom stereocenters. The van der Waals surface area contributed by atoms with E-state index >= 15 is 0 Å². The van der Waals surface area contributed by atoms with Crippen LogP contribution in [0.25, 0.3) is 0 Å². The third-order valence-corrected chi connectivity index (χ3v) is 6.02. The molecule has 2 aromatic carbocycles. The smallest absolute Gasteiger partial charge is 0.261 e. The van der Waals surface area contributed by atoms with Crippen molar-refractivity contribution in [1.29, 1.82) is 0 Å². The summed E-state index contributed by atoms with van der Waals surface area (Å²) in [7, 11) is -1.72. The molecule has 0 saturated carbocycles. The first kappa shape index (κ1) is 18.3. The Morgan fingerprint density at radius 1 is 1.12 bits per heavy atom. The van der Waals surface area contributed by atoms with Crippen LogP contribution in [0.3, 0.4) is 0 Å². The Balaban J connectivity index is 1.70. The van der Waals surface area contributed by atoms with Crippen LogP contribution in [0, 0.1) is 0 Å². The van der Waals surface area contributed by atoms with Gasteiger partial charge < -0.3 is 9.30 Å². The number of sulfonamides is 1. The van der Waals surface area contributed by atoms with E-state index in [9.17, 15) is 8.42 Å². The normalized spacial score (nSPS) is 11.3. The van der Waals surface area contributed by atoms with E-state index in [0.29, 0.717) is 18.0 Å². The molecule has 8 heteroatoms. The van der Waals surface area contributed by atoms with Crippen molar-refractivity contribution in [3.05, 3.63) is 60.9 Å². The van der Waals surface area contributed by atoms with Crippen LogP contribution in [0.2, 0.25) is 0 Å². The molecule has 0 spiro atoms. The van der Waals surface area contributed by atoms with Gasteiger partial charge >= 0.3 is 0 Å². The quantitative estimate of drug-likeness (QED) is 0.666. The summed E-state index contributed by atoms with van der Waals surface area (Å²) in [5.41, 5.74) is 0.503. The maximum absolute atomic E-state index is 12.5. The van der Waals surface area contributed by atoms with Gasteiger partial charge in [0.2, 0.25) is 0 Å². The summed E-state index contributed by atoms with van der Waals surface area (Å²) in [4.78, 5) is 5.42. The van der Waals surface area contributed by atoms with Gasteiger partial charge in [-0.05, 0) is 55.5 Å². The van der Waals surface area contributed by atoms with Crippen molar-refractivity contribution >= 4 is 27.5 Å². The Morgan fingerprint density at radius 3 is 2.38 bits per heavy atom. The van der Waals surface area contributed by atoms with Crippen molar-refractivity contribution < 1.29 is 13.2 Å². The summed E-state index contributed by atoms with van der Waals surface area (Å²) in [5.74, 6) is 0.641. The van der Waals surface area contributed by atoms with Crippen LogP contribution in [-0.4, -0.2) is 24.6 Å². The second-order valence-corrected chi connectivity index (χ2v) is 8.18. The van der Waals surface area contributed by atoms with Crippen molar-refractivity contribution in [3.8, 4) is 5.75 Å². The Morgan fingerprint density at radius 2 is 1.81 bits per heavy atom. The van der Waals surface area contributed by atoms with E-state index in [2.05, 4.69) is 9.71 Å². The molecular weight excluding hydrogens is 370 g/mol. The van der Waals surface area contributed by atoms with Crippen molar-refractivity contribution in [3.63, 3.8) is 0 Å². The van der Waals surface area contributed by atoms with Gasteiger partial charge in [0.1, 0.15) is 5.75 Å². The average Bonchev–Trinajstić information content (AvgIpc) is 3.02. The fourth-order valence-electron chi connectivity index (χ4n) is 2.24. The minimum atomic E-state index is -3.64. The zero-order valence-electron chi connectivity index (χ0n) is 14.4. The molecule has 6 nitrogen and oxygen atoms in total. The highest BCUT2D eigenvalue weighted by molar-refractivity contribution is 7.99. The Hall–Kier alpha value is -2.45. The number of nitrogens with zero attached hydrogens (tertiary/aromatic N) is 2. The van der Waals surface area contributed by atoms with Crippen molar-refractivity contribution in [1.82, 2.24) is 9.55 Å². The topological polar surface area (TPSA) is 73.2 Å². The molecule has 0 aliphatic heterocycles. The van der Waals surface area contributed by atoms with Gasteiger partial charge in [0.15, 0.2) is 5.16 Å². The van der Waals surface area contributed by atoms with Gasteiger partial charge in [0.05, 0.1) is 11.5 Å². The van der Waals surface area contributed by atoms with Crippen molar-refractivity contribution in [2.24, 2.45) is 7.05 Å². The number of benzene rings is 2. The molecular formula is C18H19N3O3S2. The molecule has 136 valence electrons. The van der Waals surface area contributed by atoms with E-state index in [4.69, 9.17) is 4.74 Å². The first-order chi connectivity index (χ1) is 12.5. The second kappa shape index (κ2) is 7.84. The van der Waals surface area contributed by atoms with Crippen LogP contribution in [0.4, 0.5) is 5.69 Å². The van der Waals surface area contributed by atoms with Crippen LogP contribution < -0.4 is 9.46 Å². The summed E-state index contributed by atoms with van der Waals surface area (Å²) in [6, 6.07) is 13.5. The third kappa shape index (κ3) is 4.39. The molecule has 0 amide bonds. The van der Waals surface area contributed by atoms with Gasteiger partial charge in [-0.15, -0.1) is 0 Å². The van der Waals surface area contributed by atoms with Crippen molar-refractivity contribution in [2.75, 3.05) is 11.3 Å². The van der Waals surface area contributed by atoms with Gasteiger partial charge in [-0.3, -0.25) is 4.72 Å². The highest BCUT2D eigenvalue weighted by Gasteiger charge is 2.14. The predicted molar refractivity (Wildman–Crippen MR) is 102 cm³/mol. The van der Waals surface area contributed by atoms with E-state index < -0.39 is 10.0 Å². The molecule has 0 atom stereocenters. The molecule has 0 aliphatic rings.